The largest absolute Gasteiger partial charge is 0.441 e. The van der Waals surface area contributed by atoms with E-state index in [0.717, 1.165) is 18.4 Å². The third-order valence-electron chi connectivity index (χ3n) is 4.57. The smallest absolute Gasteiger partial charge is 0.240 e. The van der Waals surface area contributed by atoms with Crippen LogP contribution in [-0.2, 0) is 21.2 Å². The number of benzene rings is 2. The van der Waals surface area contributed by atoms with E-state index >= 15 is 0 Å². The zero-order valence-electron chi connectivity index (χ0n) is 15.9. The first-order valence-electron chi connectivity index (χ1n) is 9.35. The highest BCUT2D eigenvalue weighted by molar-refractivity contribution is 7.89. The Bertz CT molecular complexity index is 1140. The van der Waals surface area contributed by atoms with Gasteiger partial charge in [-0.25, -0.2) is 18.1 Å². The third kappa shape index (κ3) is 4.72. The molecule has 1 saturated carbocycles. The average Bonchev–Trinajstić information content (AvgIpc) is 3.43. The lowest BCUT2D eigenvalue weighted by Crippen LogP contribution is -2.25. The summed E-state index contributed by atoms with van der Waals surface area (Å²) in [5.41, 5.74) is 1.79. The Labute approximate surface area is 169 Å². The molecule has 150 valence electrons. The van der Waals surface area contributed by atoms with Gasteiger partial charge in [-0.2, -0.15) is 0 Å². The van der Waals surface area contributed by atoms with E-state index in [9.17, 15) is 13.2 Å². The number of carbonyl (C=O) groups is 1. The van der Waals surface area contributed by atoms with Gasteiger partial charge >= 0.3 is 0 Å². The monoisotopic (exact) mass is 411 g/mol. The van der Waals surface area contributed by atoms with Gasteiger partial charge in [-0.15, -0.1) is 0 Å². The molecule has 2 aromatic carbocycles. The van der Waals surface area contributed by atoms with Gasteiger partial charge in [0.15, 0.2) is 0 Å². The second kappa shape index (κ2) is 7.81. The zero-order valence-corrected chi connectivity index (χ0v) is 16.7. The molecule has 8 heteroatoms. The zero-order chi connectivity index (χ0) is 20.4. The number of hydrogen-bond acceptors (Lipinski definition) is 5. The van der Waals surface area contributed by atoms with E-state index in [4.69, 9.17) is 4.42 Å². The van der Waals surface area contributed by atoms with Crippen molar-refractivity contribution in [1.82, 2.24) is 9.71 Å². The fraction of sp³-hybridized carbons (Fsp3) is 0.238. The number of aryl methyl sites for hydroxylation is 1. The maximum absolute atomic E-state index is 12.5. The van der Waals surface area contributed by atoms with Crippen LogP contribution in [0.3, 0.4) is 0 Å². The minimum Gasteiger partial charge on any atom is -0.441 e. The van der Waals surface area contributed by atoms with Crippen LogP contribution in [-0.4, -0.2) is 25.4 Å². The van der Waals surface area contributed by atoms with E-state index < -0.39 is 10.0 Å². The van der Waals surface area contributed by atoms with Crippen LogP contribution >= 0.6 is 0 Å². The number of rotatable bonds is 7. The standard InChI is InChI=1S/C21H21N3O4S/c1-14-19(23-21(28-14)15-6-3-2-4-7-15)13-20(25)22-17-8-5-9-18(12-17)29(26,27)24-16-10-11-16/h2-9,12,16,24H,10-11,13H2,1H3,(H,22,25). The second-order valence-corrected chi connectivity index (χ2v) is 8.75. The molecule has 0 unspecified atom stereocenters. The Morgan fingerprint density at radius 2 is 1.90 bits per heavy atom. The Hall–Kier alpha value is -2.97. The Morgan fingerprint density at radius 1 is 1.14 bits per heavy atom. The Balaban J connectivity index is 1.45. The molecule has 1 heterocycles. The molecule has 0 spiro atoms. The topological polar surface area (TPSA) is 101 Å². The summed E-state index contributed by atoms with van der Waals surface area (Å²) < 4.78 is 33.0. The van der Waals surface area contributed by atoms with Crippen molar-refractivity contribution in [1.29, 1.82) is 0 Å². The first-order valence-corrected chi connectivity index (χ1v) is 10.8. The predicted octanol–water partition coefficient (Wildman–Crippen LogP) is 3.27. The molecule has 0 radical (unpaired) electrons. The highest BCUT2D eigenvalue weighted by Gasteiger charge is 2.28. The number of aromatic nitrogens is 1. The normalized spacial score (nSPS) is 14.0. The van der Waals surface area contributed by atoms with Crippen LogP contribution in [0.2, 0.25) is 0 Å². The van der Waals surface area contributed by atoms with Gasteiger partial charge < -0.3 is 9.73 Å². The summed E-state index contributed by atoms with van der Waals surface area (Å²) in [4.78, 5) is 17.0. The van der Waals surface area contributed by atoms with E-state index in [0.29, 0.717) is 23.0 Å². The van der Waals surface area contributed by atoms with Crippen molar-refractivity contribution in [2.45, 2.75) is 37.1 Å². The molecule has 7 nitrogen and oxygen atoms in total. The molecule has 0 atom stereocenters. The van der Waals surface area contributed by atoms with Crippen LogP contribution < -0.4 is 10.0 Å². The van der Waals surface area contributed by atoms with Crippen LogP contribution in [0.15, 0.2) is 63.9 Å². The van der Waals surface area contributed by atoms with Gasteiger partial charge in [0.05, 0.1) is 17.0 Å². The van der Waals surface area contributed by atoms with Crippen LogP contribution in [0.5, 0.6) is 0 Å². The summed E-state index contributed by atoms with van der Waals surface area (Å²) in [6.07, 6.45) is 1.74. The molecule has 4 rings (SSSR count). The first-order chi connectivity index (χ1) is 13.9. The molecular formula is C21H21N3O4S. The third-order valence-corrected chi connectivity index (χ3v) is 6.09. The summed E-state index contributed by atoms with van der Waals surface area (Å²) >= 11 is 0. The summed E-state index contributed by atoms with van der Waals surface area (Å²) in [6, 6.07) is 15.7. The van der Waals surface area contributed by atoms with Crippen molar-refractivity contribution in [3.63, 3.8) is 0 Å². The Kier molecular flexibility index (Phi) is 5.21. The quantitative estimate of drug-likeness (QED) is 0.621. The van der Waals surface area contributed by atoms with Gasteiger partial charge in [0.1, 0.15) is 5.76 Å². The van der Waals surface area contributed by atoms with Gasteiger partial charge in [-0.05, 0) is 50.1 Å². The van der Waals surface area contributed by atoms with Gasteiger partial charge in [0, 0.05) is 17.3 Å². The number of sulfonamides is 1. The lowest BCUT2D eigenvalue weighted by Gasteiger charge is -2.08. The van der Waals surface area contributed by atoms with Crippen molar-refractivity contribution in [3.05, 3.63) is 66.1 Å². The summed E-state index contributed by atoms with van der Waals surface area (Å²) in [6.45, 7) is 1.76. The molecule has 0 bridgehead atoms. The highest BCUT2D eigenvalue weighted by atomic mass is 32.2. The van der Waals surface area contributed by atoms with E-state index in [1.807, 2.05) is 30.3 Å². The molecular weight excluding hydrogens is 390 g/mol. The summed E-state index contributed by atoms with van der Waals surface area (Å²) in [5.74, 6) is 0.736. The van der Waals surface area contributed by atoms with Crippen LogP contribution in [0.1, 0.15) is 24.3 Å². The minimum absolute atomic E-state index is 0.0206. The fourth-order valence-corrected chi connectivity index (χ4v) is 4.23. The lowest BCUT2D eigenvalue weighted by atomic mass is 10.2. The lowest BCUT2D eigenvalue weighted by molar-refractivity contribution is -0.115. The summed E-state index contributed by atoms with van der Waals surface area (Å²) in [7, 11) is -3.58. The van der Waals surface area contributed by atoms with Gasteiger partial charge in [-0.3, -0.25) is 4.79 Å². The maximum Gasteiger partial charge on any atom is 0.240 e. The van der Waals surface area contributed by atoms with E-state index in [2.05, 4.69) is 15.0 Å². The number of anilines is 1. The maximum atomic E-state index is 12.5. The number of nitrogens with one attached hydrogen (secondary N) is 2. The van der Waals surface area contributed by atoms with Gasteiger partial charge in [-0.1, -0.05) is 24.3 Å². The van der Waals surface area contributed by atoms with Crippen molar-refractivity contribution in [2.75, 3.05) is 5.32 Å². The van der Waals surface area contributed by atoms with Crippen molar-refractivity contribution in [3.8, 4) is 11.5 Å². The predicted molar refractivity (Wildman–Crippen MR) is 109 cm³/mol. The fourth-order valence-electron chi connectivity index (χ4n) is 2.88. The molecule has 3 aromatic rings. The second-order valence-electron chi connectivity index (χ2n) is 7.04. The first kappa shape index (κ1) is 19.4. The number of carbonyl (C=O) groups excluding carboxylic acids is 1. The van der Waals surface area contributed by atoms with Crippen LogP contribution in [0.4, 0.5) is 5.69 Å². The number of amides is 1. The van der Waals surface area contributed by atoms with Gasteiger partial charge in [0.2, 0.25) is 21.8 Å². The molecule has 0 aliphatic heterocycles. The molecule has 1 fully saturated rings. The number of oxazole rings is 1. The van der Waals surface area contributed by atoms with E-state index in [-0.39, 0.29) is 23.3 Å². The molecule has 1 amide bonds. The van der Waals surface area contributed by atoms with E-state index in [1.165, 1.54) is 12.1 Å². The molecule has 0 saturated heterocycles. The van der Waals surface area contributed by atoms with Crippen LogP contribution in [0.25, 0.3) is 11.5 Å². The van der Waals surface area contributed by atoms with Crippen molar-refractivity contribution < 1.29 is 17.6 Å². The molecule has 29 heavy (non-hydrogen) atoms. The minimum atomic E-state index is -3.58. The van der Waals surface area contributed by atoms with Gasteiger partial charge in [0.25, 0.3) is 0 Å². The molecule has 1 aliphatic rings. The molecule has 2 N–H and O–H groups in total. The van der Waals surface area contributed by atoms with Crippen molar-refractivity contribution >= 4 is 21.6 Å². The Morgan fingerprint density at radius 3 is 2.62 bits per heavy atom. The molecule has 1 aromatic heterocycles. The summed E-state index contributed by atoms with van der Waals surface area (Å²) in [5, 5.41) is 2.74. The average molecular weight is 411 g/mol. The van der Waals surface area contributed by atoms with Crippen LogP contribution in [0, 0.1) is 6.92 Å². The van der Waals surface area contributed by atoms with Crippen molar-refractivity contribution in [2.24, 2.45) is 0 Å². The highest BCUT2D eigenvalue weighted by Crippen LogP contribution is 2.24. The van der Waals surface area contributed by atoms with E-state index in [1.54, 1.807) is 19.1 Å². The number of hydrogen-bond donors (Lipinski definition) is 2. The molecule has 1 aliphatic carbocycles. The SMILES string of the molecule is Cc1oc(-c2ccccc2)nc1CC(=O)Nc1cccc(S(=O)(=O)NC2CC2)c1. The number of nitrogens with zero attached hydrogens (tertiary/aromatic N) is 1.